The van der Waals surface area contributed by atoms with Gasteiger partial charge in [0.15, 0.2) is 0 Å². The number of carboxylic acids is 1. The highest BCUT2D eigenvalue weighted by Gasteiger charge is 2.42. The van der Waals surface area contributed by atoms with Crippen LogP contribution in [0, 0.1) is 0 Å². The van der Waals surface area contributed by atoms with Crippen molar-refractivity contribution in [3.63, 3.8) is 0 Å². The van der Waals surface area contributed by atoms with E-state index in [1.165, 1.54) is 6.07 Å². The molecular weight excluding hydrogens is 247 g/mol. The first-order chi connectivity index (χ1) is 9.07. The van der Waals surface area contributed by atoms with Gasteiger partial charge < -0.3 is 10.4 Å². The van der Waals surface area contributed by atoms with E-state index >= 15 is 0 Å². The van der Waals surface area contributed by atoms with E-state index in [9.17, 15) is 9.18 Å². The van der Waals surface area contributed by atoms with Crippen molar-refractivity contribution in [2.75, 3.05) is 11.9 Å². The molecule has 0 spiro atoms. The summed E-state index contributed by atoms with van der Waals surface area (Å²) in [5, 5.41) is 12.8. The average Bonchev–Trinajstić information content (AvgIpc) is 3.14. The summed E-state index contributed by atoms with van der Waals surface area (Å²) >= 11 is 0. The molecule has 5 heteroatoms. The third kappa shape index (κ3) is 2.36. The molecule has 1 saturated carbocycles. The predicted molar refractivity (Wildman–Crippen MR) is 70.3 cm³/mol. The first-order valence-corrected chi connectivity index (χ1v) is 6.12. The molecule has 0 bridgehead atoms. The Balaban J connectivity index is 2.01. The fourth-order valence-corrected chi connectivity index (χ4v) is 2.02. The molecule has 1 aliphatic rings. The summed E-state index contributed by atoms with van der Waals surface area (Å²) in [6, 6.07) is 6.61. The van der Waals surface area contributed by atoms with E-state index in [0.717, 1.165) is 5.39 Å². The third-order valence-corrected chi connectivity index (χ3v) is 3.34. The van der Waals surface area contributed by atoms with E-state index in [1.807, 2.05) is 0 Å². The van der Waals surface area contributed by atoms with Gasteiger partial charge in [-0.25, -0.2) is 9.18 Å². The summed E-state index contributed by atoms with van der Waals surface area (Å²) < 4.78 is 13.6. The number of nitrogens with one attached hydrogen (secondary N) is 1. The maximum absolute atomic E-state index is 13.6. The maximum Gasteiger partial charge on any atom is 0.335 e. The molecule has 0 unspecified atom stereocenters. The number of anilines is 1. The third-order valence-electron chi connectivity index (χ3n) is 3.34. The van der Waals surface area contributed by atoms with Gasteiger partial charge >= 0.3 is 5.97 Å². The lowest BCUT2D eigenvalue weighted by atomic mass is 10.1. The SMILES string of the molecule is O=C(O)c1cc(NCC2(F)CC2)c2ncccc2c1. The van der Waals surface area contributed by atoms with Gasteiger partial charge in [0.2, 0.25) is 0 Å². The highest BCUT2D eigenvalue weighted by atomic mass is 19.1. The predicted octanol–water partition coefficient (Wildman–Crippen LogP) is 2.85. The number of aromatic nitrogens is 1. The molecule has 1 aromatic carbocycles. The Labute approximate surface area is 109 Å². The number of nitrogens with zero attached hydrogens (tertiary/aromatic N) is 1. The number of pyridine rings is 1. The van der Waals surface area contributed by atoms with Crippen LogP contribution in [0.5, 0.6) is 0 Å². The van der Waals surface area contributed by atoms with Crippen LogP contribution < -0.4 is 5.32 Å². The lowest BCUT2D eigenvalue weighted by Crippen LogP contribution is -2.16. The summed E-state index contributed by atoms with van der Waals surface area (Å²) in [7, 11) is 0. The van der Waals surface area contributed by atoms with Crippen LogP contribution >= 0.6 is 0 Å². The molecule has 0 atom stereocenters. The van der Waals surface area contributed by atoms with E-state index in [1.54, 1.807) is 24.4 Å². The van der Waals surface area contributed by atoms with Gasteiger partial charge in [0.1, 0.15) is 5.67 Å². The number of fused-ring (bicyclic) bond motifs is 1. The van der Waals surface area contributed by atoms with Crippen LogP contribution in [0.4, 0.5) is 10.1 Å². The Kier molecular flexibility index (Phi) is 2.62. The van der Waals surface area contributed by atoms with Gasteiger partial charge in [0.25, 0.3) is 0 Å². The van der Waals surface area contributed by atoms with Gasteiger partial charge in [-0.3, -0.25) is 4.98 Å². The quantitative estimate of drug-likeness (QED) is 0.887. The van der Waals surface area contributed by atoms with Crippen molar-refractivity contribution in [3.8, 4) is 0 Å². The van der Waals surface area contributed by atoms with Crippen LogP contribution in [-0.2, 0) is 0 Å². The minimum Gasteiger partial charge on any atom is -0.478 e. The van der Waals surface area contributed by atoms with Crippen molar-refractivity contribution in [2.45, 2.75) is 18.5 Å². The Hall–Kier alpha value is -2.17. The van der Waals surface area contributed by atoms with Crippen molar-refractivity contribution in [2.24, 2.45) is 0 Å². The molecule has 1 fully saturated rings. The minimum absolute atomic E-state index is 0.173. The number of aromatic carboxylic acids is 1. The Morgan fingerprint density at radius 2 is 2.26 bits per heavy atom. The van der Waals surface area contributed by atoms with E-state index < -0.39 is 11.6 Å². The Morgan fingerprint density at radius 1 is 1.47 bits per heavy atom. The first-order valence-electron chi connectivity index (χ1n) is 6.12. The number of hydrogen-bond donors (Lipinski definition) is 2. The smallest absolute Gasteiger partial charge is 0.335 e. The molecule has 1 aromatic heterocycles. The van der Waals surface area contributed by atoms with Crippen molar-refractivity contribution in [3.05, 3.63) is 36.0 Å². The second-order valence-corrected chi connectivity index (χ2v) is 4.91. The largest absolute Gasteiger partial charge is 0.478 e. The fourth-order valence-electron chi connectivity index (χ4n) is 2.02. The van der Waals surface area contributed by atoms with Crippen LogP contribution in [0.1, 0.15) is 23.2 Å². The number of alkyl halides is 1. The maximum atomic E-state index is 13.6. The van der Waals surface area contributed by atoms with E-state index in [2.05, 4.69) is 10.3 Å². The molecule has 0 radical (unpaired) electrons. The molecule has 1 aliphatic carbocycles. The molecular formula is C14H13FN2O2. The second-order valence-electron chi connectivity index (χ2n) is 4.91. The molecule has 0 amide bonds. The molecule has 1 heterocycles. The molecule has 0 saturated heterocycles. The van der Waals surface area contributed by atoms with Crippen LogP contribution in [0.25, 0.3) is 10.9 Å². The van der Waals surface area contributed by atoms with Crippen LogP contribution in [0.15, 0.2) is 30.5 Å². The van der Waals surface area contributed by atoms with Crippen molar-refractivity contribution >= 4 is 22.6 Å². The number of carbonyl (C=O) groups is 1. The molecule has 98 valence electrons. The van der Waals surface area contributed by atoms with Crippen LogP contribution in [0.2, 0.25) is 0 Å². The second kappa shape index (κ2) is 4.19. The lowest BCUT2D eigenvalue weighted by molar-refractivity contribution is 0.0697. The lowest BCUT2D eigenvalue weighted by Gasteiger charge is -2.12. The van der Waals surface area contributed by atoms with E-state index in [4.69, 9.17) is 5.11 Å². The van der Waals surface area contributed by atoms with E-state index in [-0.39, 0.29) is 12.1 Å². The first kappa shape index (κ1) is 11.9. The molecule has 0 aliphatic heterocycles. The highest BCUT2D eigenvalue weighted by Crippen LogP contribution is 2.40. The van der Waals surface area contributed by atoms with Gasteiger partial charge in [-0.1, -0.05) is 6.07 Å². The Morgan fingerprint density at radius 3 is 2.95 bits per heavy atom. The van der Waals surface area contributed by atoms with Crippen LogP contribution in [0.3, 0.4) is 0 Å². The standard InChI is InChI=1S/C14H13FN2O2/c15-14(3-4-14)8-17-11-7-10(13(18)19)6-9-2-1-5-16-12(9)11/h1-2,5-7,17H,3-4,8H2,(H,18,19). The van der Waals surface area contributed by atoms with Gasteiger partial charge in [-0.2, -0.15) is 0 Å². The number of hydrogen-bond acceptors (Lipinski definition) is 3. The number of benzene rings is 1. The van der Waals surface area contributed by atoms with Crippen molar-refractivity contribution in [1.29, 1.82) is 0 Å². The van der Waals surface area contributed by atoms with Crippen molar-refractivity contribution < 1.29 is 14.3 Å². The summed E-state index contributed by atoms with van der Waals surface area (Å²) in [6.45, 7) is 0.196. The summed E-state index contributed by atoms with van der Waals surface area (Å²) in [5.74, 6) is -1.00. The number of halogens is 1. The average molecular weight is 260 g/mol. The number of rotatable bonds is 4. The number of carboxylic acid groups (broad SMARTS) is 1. The zero-order valence-electron chi connectivity index (χ0n) is 10.2. The van der Waals surface area contributed by atoms with E-state index in [0.29, 0.717) is 24.0 Å². The topological polar surface area (TPSA) is 62.2 Å². The van der Waals surface area contributed by atoms with Crippen LogP contribution in [-0.4, -0.2) is 28.3 Å². The zero-order chi connectivity index (χ0) is 13.5. The summed E-state index contributed by atoms with van der Waals surface area (Å²) in [5.41, 5.74) is 0.267. The zero-order valence-corrected chi connectivity index (χ0v) is 10.2. The molecule has 2 aromatic rings. The minimum atomic E-state index is -1.14. The van der Waals surface area contributed by atoms with Gasteiger partial charge in [0.05, 0.1) is 16.8 Å². The molecule has 19 heavy (non-hydrogen) atoms. The molecule has 4 nitrogen and oxygen atoms in total. The van der Waals surface area contributed by atoms with Gasteiger partial charge in [0, 0.05) is 18.1 Å². The Bertz CT molecular complexity index is 653. The monoisotopic (exact) mass is 260 g/mol. The highest BCUT2D eigenvalue weighted by molar-refractivity contribution is 5.99. The normalized spacial score (nSPS) is 16.3. The summed E-state index contributed by atoms with van der Waals surface area (Å²) in [4.78, 5) is 15.3. The van der Waals surface area contributed by atoms with Crippen molar-refractivity contribution in [1.82, 2.24) is 4.98 Å². The van der Waals surface area contributed by atoms with Gasteiger partial charge in [-0.15, -0.1) is 0 Å². The summed E-state index contributed by atoms with van der Waals surface area (Å²) in [6.07, 6.45) is 2.75. The van der Waals surface area contributed by atoms with Gasteiger partial charge in [-0.05, 0) is 31.0 Å². The fraction of sp³-hybridized carbons (Fsp3) is 0.286. The molecule has 2 N–H and O–H groups in total. The molecule has 3 rings (SSSR count).